The normalized spacial score (nSPS) is 17.6. The largest absolute Gasteiger partial charge is 0.261 e. The molecule has 2 aromatic rings. The third kappa shape index (κ3) is 3.57. The number of sulfone groups is 1. The average Bonchev–Trinajstić information content (AvgIpc) is 2.55. The van der Waals surface area contributed by atoms with Crippen LogP contribution in [0.5, 0.6) is 0 Å². The van der Waals surface area contributed by atoms with Crippen molar-refractivity contribution in [3.8, 4) is 11.3 Å². The van der Waals surface area contributed by atoms with E-state index in [4.69, 9.17) is 11.6 Å². The zero-order valence-corrected chi connectivity index (χ0v) is 15.0. The van der Waals surface area contributed by atoms with Crippen LogP contribution in [0.3, 0.4) is 0 Å². The molecule has 1 aliphatic carbocycles. The van der Waals surface area contributed by atoms with Gasteiger partial charge >= 0.3 is 0 Å². The van der Waals surface area contributed by atoms with Crippen molar-refractivity contribution in [3.63, 3.8) is 0 Å². The highest BCUT2D eigenvalue weighted by Gasteiger charge is 2.21. The number of nitrogens with zero attached hydrogens (tertiary/aromatic N) is 2. The Morgan fingerprint density at radius 1 is 1.21 bits per heavy atom. The second-order valence-electron chi connectivity index (χ2n) is 5.86. The molecule has 0 saturated heterocycles. The van der Waals surface area contributed by atoms with Crippen molar-refractivity contribution >= 4 is 27.0 Å². The monoisotopic (exact) mass is 360 g/mol. The molecule has 0 aliphatic heterocycles. The van der Waals surface area contributed by atoms with E-state index in [1.807, 2.05) is 37.3 Å². The summed E-state index contributed by atoms with van der Waals surface area (Å²) in [5.74, 6) is 0. The molecular formula is C18H17ClN2O2S. The molecule has 0 radical (unpaired) electrons. The highest BCUT2D eigenvalue weighted by atomic mass is 35.5. The van der Waals surface area contributed by atoms with Crippen LogP contribution in [0.4, 0.5) is 0 Å². The van der Waals surface area contributed by atoms with Crippen LogP contribution in [0.1, 0.15) is 17.7 Å². The summed E-state index contributed by atoms with van der Waals surface area (Å²) >= 11 is 6.12. The first-order valence-electron chi connectivity index (χ1n) is 7.51. The molecular weight excluding hydrogens is 344 g/mol. The van der Waals surface area contributed by atoms with Gasteiger partial charge in [0.15, 0.2) is 9.84 Å². The van der Waals surface area contributed by atoms with E-state index in [0.29, 0.717) is 11.4 Å². The van der Waals surface area contributed by atoms with E-state index in [1.54, 1.807) is 18.5 Å². The Hall–Kier alpha value is -1.98. The van der Waals surface area contributed by atoms with Gasteiger partial charge in [-0.1, -0.05) is 29.8 Å². The van der Waals surface area contributed by atoms with Gasteiger partial charge in [0.2, 0.25) is 0 Å². The van der Waals surface area contributed by atoms with Gasteiger partial charge in [-0.05, 0) is 37.1 Å². The van der Waals surface area contributed by atoms with Crippen molar-refractivity contribution in [3.05, 3.63) is 65.1 Å². The van der Waals surface area contributed by atoms with Crippen LogP contribution in [0.2, 0.25) is 5.02 Å². The second-order valence-corrected chi connectivity index (χ2v) is 8.56. The number of hydrogen-bond donors (Lipinski definition) is 0. The maximum Gasteiger partial charge on any atom is 0.154 e. The molecule has 0 fully saturated rings. The van der Waals surface area contributed by atoms with Gasteiger partial charge < -0.3 is 0 Å². The molecule has 0 saturated carbocycles. The fourth-order valence-electron chi connectivity index (χ4n) is 2.62. The second kappa shape index (κ2) is 6.49. The smallest absolute Gasteiger partial charge is 0.154 e. The number of halogens is 1. The van der Waals surface area contributed by atoms with Crippen LogP contribution in [-0.2, 0) is 9.84 Å². The van der Waals surface area contributed by atoms with Gasteiger partial charge in [-0.2, -0.15) is 0 Å². The third-order valence-electron chi connectivity index (χ3n) is 3.96. The minimum absolute atomic E-state index is 0.447. The summed E-state index contributed by atoms with van der Waals surface area (Å²) < 4.78 is 23.4. The minimum atomic E-state index is -3.09. The number of rotatable bonds is 3. The Balaban J connectivity index is 2.03. The maximum atomic E-state index is 11.7. The van der Waals surface area contributed by atoms with E-state index in [1.165, 1.54) is 6.26 Å². The lowest BCUT2D eigenvalue weighted by molar-refractivity contribution is 0.594. The molecule has 1 atom stereocenters. The zero-order valence-electron chi connectivity index (χ0n) is 13.4. The van der Waals surface area contributed by atoms with Gasteiger partial charge in [0.05, 0.1) is 16.0 Å². The molecule has 0 aromatic carbocycles. The van der Waals surface area contributed by atoms with Gasteiger partial charge in [-0.3, -0.25) is 9.97 Å². The molecule has 0 bridgehead atoms. The summed E-state index contributed by atoms with van der Waals surface area (Å²) in [5, 5.41) is 0.0613. The van der Waals surface area contributed by atoms with Crippen LogP contribution in [0.15, 0.2) is 48.8 Å². The van der Waals surface area contributed by atoms with E-state index >= 15 is 0 Å². The van der Waals surface area contributed by atoms with Gasteiger partial charge in [-0.15, -0.1) is 0 Å². The van der Waals surface area contributed by atoms with Crippen LogP contribution < -0.4 is 0 Å². The lowest BCUT2D eigenvalue weighted by atomic mass is 9.96. The molecule has 0 spiro atoms. The number of pyridine rings is 2. The quantitative estimate of drug-likeness (QED) is 0.833. The summed E-state index contributed by atoms with van der Waals surface area (Å²) in [6.45, 7) is 1.93. The van der Waals surface area contributed by atoms with Gasteiger partial charge in [-0.25, -0.2) is 8.42 Å². The molecule has 24 heavy (non-hydrogen) atoms. The topological polar surface area (TPSA) is 59.9 Å². The summed E-state index contributed by atoms with van der Waals surface area (Å²) in [4.78, 5) is 8.77. The van der Waals surface area contributed by atoms with Gasteiger partial charge in [0.1, 0.15) is 0 Å². The van der Waals surface area contributed by atoms with Crippen molar-refractivity contribution < 1.29 is 8.42 Å². The first-order valence-corrected chi connectivity index (χ1v) is 9.84. The summed E-state index contributed by atoms with van der Waals surface area (Å²) in [7, 11) is -3.09. The van der Waals surface area contributed by atoms with Crippen LogP contribution in [0, 0.1) is 6.92 Å². The number of hydrogen-bond acceptors (Lipinski definition) is 4. The predicted molar refractivity (Wildman–Crippen MR) is 97.6 cm³/mol. The number of aryl methyl sites for hydroxylation is 1. The van der Waals surface area contributed by atoms with E-state index in [-0.39, 0.29) is 0 Å². The highest BCUT2D eigenvalue weighted by molar-refractivity contribution is 7.91. The van der Waals surface area contributed by atoms with Crippen molar-refractivity contribution in [2.75, 3.05) is 6.26 Å². The predicted octanol–water partition coefficient (Wildman–Crippen LogP) is 3.86. The Morgan fingerprint density at radius 2 is 2.00 bits per heavy atom. The van der Waals surface area contributed by atoms with Crippen LogP contribution in [0.25, 0.3) is 16.8 Å². The Labute approximate surface area is 146 Å². The van der Waals surface area contributed by atoms with E-state index in [0.717, 1.165) is 28.1 Å². The maximum absolute atomic E-state index is 11.7. The van der Waals surface area contributed by atoms with Crippen LogP contribution in [-0.4, -0.2) is 29.9 Å². The van der Waals surface area contributed by atoms with E-state index in [2.05, 4.69) is 9.97 Å². The number of aromatic nitrogens is 2. The first-order chi connectivity index (χ1) is 11.3. The molecule has 3 rings (SSSR count). The molecule has 2 aromatic heterocycles. The van der Waals surface area contributed by atoms with Gasteiger partial charge in [0.25, 0.3) is 0 Å². The molecule has 124 valence electrons. The summed E-state index contributed by atoms with van der Waals surface area (Å²) in [5.41, 5.74) is 4.39. The van der Waals surface area contributed by atoms with Crippen molar-refractivity contribution in [1.82, 2.24) is 9.97 Å². The average molecular weight is 361 g/mol. The summed E-state index contributed by atoms with van der Waals surface area (Å²) in [6.07, 6.45) is 10.6. The summed E-state index contributed by atoms with van der Waals surface area (Å²) in [6, 6.07) is 5.75. The fourth-order valence-corrected chi connectivity index (χ4v) is 3.58. The van der Waals surface area contributed by atoms with Crippen molar-refractivity contribution in [1.29, 1.82) is 0 Å². The lowest BCUT2D eigenvalue weighted by Gasteiger charge is -2.17. The third-order valence-corrected chi connectivity index (χ3v) is 5.62. The van der Waals surface area contributed by atoms with Crippen molar-refractivity contribution in [2.24, 2.45) is 0 Å². The molecule has 0 N–H and O–H groups in total. The molecule has 1 unspecified atom stereocenters. The Kier molecular flexibility index (Phi) is 4.56. The fraction of sp³-hybridized carbons (Fsp3) is 0.222. The molecule has 6 heteroatoms. The Morgan fingerprint density at radius 3 is 2.58 bits per heavy atom. The molecule has 2 heterocycles. The molecule has 0 amide bonds. The zero-order chi connectivity index (χ0) is 17.3. The lowest BCUT2D eigenvalue weighted by Crippen LogP contribution is -2.18. The van der Waals surface area contributed by atoms with E-state index < -0.39 is 15.1 Å². The number of allylic oxidation sites excluding steroid dienone is 3. The standard InChI is InChI=1S/C18H17ClN2O2S/c1-12-3-4-14(10-20-12)18-17(9-15(19)11-21-18)13-5-7-16(8-6-13)24(2,22)23/h3-7,9-11,16H,8H2,1-2H3. The highest BCUT2D eigenvalue weighted by Crippen LogP contribution is 2.32. The van der Waals surface area contributed by atoms with E-state index in [9.17, 15) is 8.42 Å². The molecule has 4 nitrogen and oxygen atoms in total. The molecule has 1 aliphatic rings. The van der Waals surface area contributed by atoms with Crippen LogP contribution >= 0.6 is 11.6 Å². The Bertz CT molecular complexity index is 932. The van der Waals surface area contributed by atoms with Gasteiger partial charge in [0, 0.05) is 35.5 Å². The minimum Gasteiger partial charge on any atom is -0.261 e. The van der Waals surface area contributed by atoms with Crippen molar-refractivity contribution in [2.45, 2.75) is 18.6 Å². The SMILES string of the molecule is Cc1ccc(-c2ncc(Cl)cc2C2=CCC(S(C)(=O)=O)C=C2)cn1. The first kappa shape index (κ1) is 16.9.